The van der Waals surface area contributed by atoms with E-state index in [1.807, 2.05) is 25.1 Å². The number of allylic oxidation sites excluding steroid dienone is 1. The molecule has 3 rings (SSSR count). The van der Waals surface area contributed by atoms with Crippen LogP contribution >= 0.6 is 0 Å². The van der Waals surface area contributed by atoms with E-state index >= 15 is 0 Å². The summed E-state index contributed by atoms with van der Waals surface area (Å²) in [5.41, 5.74) is 14.6. The van der Waals surface area contributed by atoms with Gasteiger partial charge < -0.3 is 20.9 Å². The van der Waals surface area contributed by atoms with Gasteiger partial charge in [0.05, 0.1) is 12.5 Å². The molecule has 0 aliphatic heterocycles. The zero-order chi connectivity index (χ0) is 25.2. The minimum Gasteiger partial charge on any atom is -0.462 e. The zero-order valence-corrected chi connectivity index (χ0v) is 20.5. The van der Waals surface area contributed by atoms with Gasteiger partial charge in [-0.25, -0.2) is 4.79 Å². The second-order valence-corrected chi connectivity index (χ2v) is 9.37. The summed E-state index contributed by atoms with van der Waals surface area (Å²) in [5.74, 6) is 0.542. The topological polar surface area (TPSA) is 105 Å². The normalized spacial score (nSPS) is 18.7. The van der Waals surface area contributed by atoms with Crippen LogP contribution in [0.5, 0.6) is 5.75 Å². The molecule has 1 atom stereocenters. The van der Waals surface area contributed by atoms with E-state index in [1.165, 1.54) is 6.08 Å². The molecule has 1 aliphatic carbocycles. The Morgan fingerprint density at radius 1 is 1.06 bits per heavy atom. The lowest BCUT2D eigenvalue weighted by Crippen LogP contribution is -2.25. The van der Waals surface area contributed by atoms with Crippen molar-refractivity contribution in [3.63, 3.8) is 0 Å². The quantitative estimate of drug-likeness (QED) is 0.146. The van der Waals surface area contributed by atoms with E-state index in [1.54, 1.807) is 36.4 Å². The van der Waals surface area contributed by atoms with Crippen molar-refractivity contribution < 1.29 is 19.1 Å². The molecule has 0 radical (unpaired) electrons. The maximum atomic E-state index is 12.5. The molecule has 0 spiro atoms. The first-order valence-electron chi connectivity index (χ1n) is 12.3. The van der Waals surface area contributed by atoms with E-state index in [0.717, 1.165) is 49.7 Å². The smallest absolute Gasteiger partial charge is 0.330 e. The van der Waals surface area contributed by atoms with Crippen LogP contribution in [0.25, 0.3) is 6.08 Å². The molecule has 6 heteroatoms. The third kappa shape index (κ3) is 8.32. The van der Waals surface area contributed by atoms with Crippen LogP contribution in [0, 0.1) is 11.8 Å². The van der Waals surface area contributed by atoms with Gasteiger partial charge in [-0.05, 0) is 92.0 Å². The second kappa shape index (κ2) is 12.8. The fraction of sp³-hybridized carbons (Fsp3) is 0.379. The number of hydrogen-bond acceptors (Lipinski definition) is 6. The summed E-state index contributed by atoms with van der Waals surface area (Å²) in [4.78, 5) is 24.6. The lowest BCUT2D eigenvalue weighted by molar-refractivity contribution is -0.140. The highest BCUT2D eigenvalue weighted by Gasteiger charge is 2.27. The van der Waals surface area contributed by atoms with Crippen LogP contribution in [-0.2, 0) is 14.3 Å². The fourth-order valence-electron chi connectivity index (χ4n) is 4.39. The van der Waals surface area contributed by atoms with Crippen molar-refractivity contribution in [1.82, 2.24) is 0 Å². The van der Waals surface area contributed by atoms with Gasteiger partial charge in [0, 0.05) is 23.4 Å². The Hall–Kier alpha value is -3.54. The predicted octanol–water partition coefficient (Wildman–Crippen LogP) is 5.89. The number of nitrogen functional groups attached to an aromatic ring is 2. The first-order valence-corrected chi connectivity index (χ1v) is 12.3. The summed E-state index contributed by atoms with van der Waals surface area (Å²) in [6.45, 7) is 5.95. The van der Waals surface area contributed by atoms with Gasteiger partial charge in [0.15, 0.2) is 0 Å². The van der Waals surface area contributed by atoms with Crippen LogP contribution in [0.3, 0.4) is 0 Å². The van der Waals surface area contributed by atoms with E-state index in [2.05, 4.69) is 6.58 Å². The molecule has 2 aromatic rings. The van der Waals surface area contributed by atoms with Crippen molar-refractivity contribution in [2.24, 2.45) is 11.8 Å². The number of hydrogen-bond donors (Lipinski definition) is 2. The number of anilines is 2. The van der Waals surface area contributed by atoms with Gasteiger partial charge in [-0.2, -0.15) is 0 Å². The summed E-state index contributed by atoms with van der Waals surface area (Å²) >= 11 is 0. The van der Waals surface area contributed by atoms with E-state index < -0.39 is 5.97 Å². The van der Waals surface area contributed by atoms with Crippen LogP contribution in [0.15, 0.2) is 61.2 Å². The SMILES string of the molecule is C=CCCC1CCC(C(=O)Oc2ccc(C=CC(=O)OCC(C)c3cc(N)cc(N)c3)cc2)CC1. The number of rotatable bonds is 10. The van der Waals surface area contributed by atoms with E-state index in [0.29, 0.717) is 23.0 Å². The second-order valence-electron chi connectivity index (χ2n) is 9.37. The maximum Gasteiger partial charge on any atom is 0.330 e. The number of carbonyl (C=O) groups excluding carboxylic acids is 2. The summed E-state index contributed by atoms with van der Waals surface area (Å²) < 4.78 is 10.9. The number of carbonyl (C=O) groups is 2. The van der Waals surface area contributed by atoms with Gasteiger partial charge in [0.1, 0.15) is 5.75 Å². The van der Waals surface area contributed by atoms with E-state index in [-0.39, 0.29) is 24.4 Å². The molecule has 1 saturated carbocycles. The average molecular weight is 477 g/mol. The summed E-state index contributed by atoms with van der Waals surface area (Å²) in [6, 6.07) is 12.4. The minimum absolute atomic E-state index is 0.0320. The Labute approximate surface area is 208 Å². The van der Waals surface area contributed by atoms with Crippen LogP contribution in [0.2, 0.25) is 0 Å². The molecule has 1 fully saturated rings. The van der Waals surface area contributed by atoms with Crippen molar-refractivity contribution in [3.05, 3.63) is 72.3 Å². The van der Waals surface area contributed by atoms with Gasteiger partial charge in [-0.15, -0.1) is 6.58 Å². The van der Waals surface area contributed by atoms with Gasteiger partial charge in [-0.1, -0.05) is 25.1 Å². The molecule has 6 nitrogen and oxygen atoms in total. The Kier molecular flexibility index (Phi) is 9.53. The third-order valence-corrected chi connectivity index (χ3v) is 6.51. The van der Waals surface area contributed by atoms with Gasteiger partial charge >= 0.3 is 11.9 Å². The number of ether oxygens (including phenoxy) is 2. The van der Waals surface area contributed by atoms with Crippen molar-refractivity contribution in [1.29, 1.82) is 0 Å². The molecular formula is C29H36N2O4. The van der Waals surface area contributed by atoms with Crippen molar-refractivity contribution in [2.45, 2.75) is 51.4 Å². The molecular weight excluding hydrogens is 440 g/mol. The van der Waals surface area contributed by atoms with Gasteiger partial charge in [0.2, 0.25) is 0 Å². The highest BCUT2D eigenvalue weighted by Crippen LogP contribution is 2.32. The highest BCUT2D eigenvalue weighted by atomic mass is 16.5. The summed E-state index contributed by atoms with van der Waals surface area (Å²) in [6.07, 6.45) is 11.1. The molecule has 0 aromatic heterocycles. The molecule has 2 aromatic carbocycles. The first-order chi connectivity index (χ1) is 16.8. The molecule has 0 heterocycles. The zero-order valence-electron chi connectivity index (χ0n) is 20.5. The molecule has 35 heavy (non-hydrogen) atoms. The third-order valence-electron chi connectivity index (χ3n) is 6.51. The van der Waals surface area contributed by atoms with Gasteiger partial charge in [-0.3, -0.25) is 4.79 Å². The van der Waals surface area contributed by atoms with Crippen molar-refractivity contribution >= 4 is 29.4 Å². The predicted molar refractivity (Wildman–Crippen MR) is 141 cm³/mol. The number of nitrogens with two attached hydrogens (primary N) is 2. The molecule has 1 unspecified atom stereocenters. The van der Waals surface area contributed by atoms with E-state index in [9.17, 15) is 9.59 Å². The Balaban J connectivity index is 1.43. The lowest BCUT2D eigenvalue weighted by atomic mass is 9.80. The minimum atomic E-state index is -0.437. The fourth-order valence-corrected chi connectivity index (χ4v) is 4.39. The Bertz CT molecular complexity index is 1020. The summed E-state index contributed by atoms with van der Waals surface area (Å²) in [5, 5.41) is 0. The molecule has 0 bridgehead atoms. The van der Waals surface area contributed by atoms with Crippen LogP contribution in [0.1, 0.15) is 62.5 Å². The average Bonchev–Trinajstić information content (AvgIpc) is 2.85. The van der Waals surface area contributed by atoms with Gasteiger partial charge in [0.25, 0.3) is 0 Å². The highest BCUT2D eigenvalue weighted by molar-refractivity contribution is 5.87. The molecule has 0 amide bonds. The summed E-state index contributed by atoms with van der Waals surface area (Å²) in [7, 11) is 0. The van der Waals surface area contributed by atoms with E-state index in [4.69, 9.17) is 20.9 Å². The van der Waals surface area contributed by atoms with Crippen molar-refractivity contribution in [3.8, 4) is 5.75 Å². The Morgan fingerprint density at radius 2 is 1.71 bits per heavy atom. The molecule has 4 N–H and O–H groups in total. The van der Waals surface area contributed by atoms with Crippen LogP contribution in [0.4, 0.5) is 11.4 Å². The number of esters is 2. The lowest BCUT2D eigenvalue weighted by Gasteiger charge is -2.26. The number of benzene rings is 2. The van der Waals surface area contributed by atoms with Crippen molar-refractivity contribution in [2.75, 3.05) is 18.1 Å². The standard InChI is InChI=1S/C29H36N2O4/c1-3-4-5-21-6-11-23(12-7-21)29(33)35-27-13-8-22(9-14-27)10-15-28(32)34-19-20(2)24-16-25(30)18-26(31)17-24/h3,8-10,13-18,20-21,23H,1,4-7,11-12,19,30-31H2,2H3. The molecule has 186 valence electrons. The van der Waals surface area contributed by atoms with Crippen LogP contribution in [-0.4, -0.2) is 18.5 Å². The largest absolute Gasteiger partial charge is 0.462 e. The molecule has 1 aliphatic rings. The maximum absolute atomic E-state index is 12.5. The molecule has 0 saturated heterocycles. The van der Waals surface area contributed by atoms with Crippen LogP contribution < -0.4 is 16.2 Å². The Morgan fingerprint density at radius 3 is 2.34 bits per heavy atom. The first kappa shape index (κ1) is 26.1. The monoisotopic (exact) mass is 476 g/mol.